The van der Waals surface area contributed by atoms with Crippen LogP contribution in [0.15, 0.2) is 24.3 Å². The minimum atomic E-state index is -0.227. The van der Waals surface area contributed by atoms with Crippen molar-refractivity contribution in [2.45, 2.75) is 56.5 Å². The number of imide groups is 1. The van der Waals surface area contributed by atoms with Crippen molar-refractivity contribution in [3.63, 3.8) is 0 Å². The van der Waals surface area contributed by atoms with Gasteiger partial charge in [-0.1, -0.05) is 17.7 Å². The lowest BCUT2D eigenvalue weighted by Gasteiger charge is -2.58. The predicted molar refractivity (Wildman–Crippen MR) is 115 cm³/mol. The van der Waals surface area contributed by atoms with Gasteiger partial charge in [0, 0.05) is 24.3 Å². The molecule has 0 radical (unpaired) electrons. The van der Waals surface area contributed by atoms with Crippen molar-refractivity contribution in [1.29, 1.82) is 0 Å². The van der Waals surface area contributed by atoms with E-state index >= 15 is 0 Å². The van der Waals surface area contributed by atoms with Crippen LogP contribution in [-0.2, 0) is 9.59 Å². The van der Waals surface area contributed by atoms with Crippen LogP contribution in [-0.4, -0.2) is 49.6 Å². The summed E-state index contributed by atoms with van der Waals surface area (Å²) >= 11 is 6.09. The fraction of sp³-hybridized carbons (Fsp3) is 0.667. The SMILES string of the molecule is O=C1C[C@H]([NH+]2CC[NH+](C34CC5CC(CC(C5)C3)C4)CC2)C(=O)N1c1cccc(Cl)c1. The number of benzene rings is 1. The molecular weight excluding hydrogens is 398 g/mol. The van der Waals surface area contributed by atoms with E-state index in [4.69, 9.17) is 11.6 Å². The Bertz CT molecular complexity index is 844. The molecule has 6 fully saturated rings. The molecule has 1 atom stereocenters. The molecule has 0 spiro atoms. The van der Waals surface area contributed by atoms with Crippen LogP contribution >= 0.6 is 11.6 Å². The zero-order valence-electron chi connectivity index (χ0n) is 17.5. The number of nitrogens with zero attached hydrogens (tertiary/aromatic N) is 1. The zero-order valence-corrected chi connectivity index (χ0v) is 18.3. The van der Waals surface area contributed by atoms with E-state index in [9.17, 15) is 9.59 Å². The second-order valence-electron chi connectivity index (χ2n) is 10.8. The van der Waals surface area contributed by atoms with Gasteiger partial charge in [-0.15, -0.1) is 0 Å². The maximum atomic E-state index is 13.2. The van der Waals surface area contributed by atoms with Crippen molar-refractivity contribution in [2.24, 2.45) is 17.8 Å². The monoisotopic (exact) mass is 429 g/mol. The number of anilines is 1. The Morgan fingerprint density at radius 3 is 2.17 bits per heavy atom. The summed E-state index contributed by atoms with van der Waals surface area (Å²) in [6.45, 7) is 4.31. The van der Waals surface area contributed by atoms with Gasteiger partial charge in [-0.25, -0.2) is 4.90 Å². The van der Waals surface area contributed by atoms with Crippen LogP contribution in [0.3, 0.4) is 0 Å². The fourth-order valence-corrected chi connectivity index (χ4v) is 8.32. The molecule has 5 nitrogen and oxygen atoms in total. The topological polar surface area (TPSA) is 46.3 Å². The van der Waals surface area contributed by atoms with E-state index < -0.39 is 0 Å². The zero-order chi connectivity index (χ0) is 20.5. The number of carbonyl (C=O) groups excluding carboxylic acids is 2. The first kappa shape index (κ1) is 19.3. The first-order chi connectivity index (χ1) is 14.5. The first-order valence-corrected chi connectivity index (χ1v) is 12.2. The van der Waals surface area contributed by atoms with E-state index in [-0.39, 0.29) is 17.9 Å². The molecule has 1 aromatic rings. The summed E-state index contributed by atoms with van der Waals surface area (Å²) in [6, 6.07) is 6.85. The molecule has 2 aliphatic heterocycles. The molecule has 1 aromatic carbocycles. The van der Waals surface area contributed by atoms with Crippen LogP contribution in [0.5, 0.6) is 0 Å². The van der Waals surface area contributed by atoms with E-state index in [2.05, 4.69) is 0 Å². The van der Waals surface area contributed by atoms with Crippen LogP contribution < -0.4 is 14.7 Å². The van der Waals surface area contributed by atoms with Gasteiger partial charge in [-0.05, 0) is 55.2 Å². The Hall–Kier alpha value is -1.43. The van der Waals surface area contributed by atoms with Crippen molar-refractivity contribution >= 4 is 29.1 Å². The van der Waals surface area contributed by atoms with Gasteiger partial charge in [0.05, 0.1) is 17.6 Å². The van der Waals surface area contributed by atoms with E-state index in [1.165, 1.54) is 48.3 Å². The van der Waals surface area contributed by atoms with Crippen LogP contribution in [0.4, 0.5) is 5.69 Å². The second kappa shape index (κ2) is 7.04. The molecule has 4 saturated carbocycles. The van der Waals surface area contributed by atoms with Crippen molar-refractivity contribution in [1.82, 2.24) is 0 Å². The fourth-order valence-electron chi connectivity index (χ4n) is 8.13. The third-order valence-corrected chi connectivity index (χ3v) is 9.22. The molecule has 7 rings (SSSR count). The number of piperazine rings is 1. The van der Waals surface area contributed by atoms with E-state index in [0.717, 1.165) is 43.9 Å². The molecule has 0 aromatic heterocycles. The Kier molecular flexibility index (Phi) is 4.52. The Morgan fingerprint density at radius 1 is 0.933 bits per heavy atom. The summed E-state index contributed by atoms with van der Waals surface area (Å²) in [6.07, 6.45) is 9.10. The number of rotatable bonds is 3. The number of carbonyl (C=O) groups is 2. The number of nitrogens with one attached hydrogen (secondary N) is 2. The smallest absolute Gasteiger partial charge is 0.292 e. The van der Waals surface area contributed by atoms with Gasteiger partial charge >= 0.3 is 0 Å². The number of quaternary nitrogens is 2. The highest BCUT2D eigenvalue weighted by molar-refractivity contribution is 6.31. The highest BCUT2D eigenvalue weighted by Gasteiger charge is 2.57. The average molecular weight is 430 g/mol. The number of halogens is 1. The first-order valence-electron chi connectivity index (χ1n) is 11.8. The summed E-state index contributed by atoms with van der Waals surface area (Å²) in [5.74, 6) is 2.81. The van der Waals surface area contributed by atoms with Crippen LogP contribution in [0.2, 0.25) is 5.02 Å². The van der Waals surface area contributed by atoms with E-state index in [1.807, 2.05) is 4.90 Å². The highest BCUT2D eigenvalue weighted by Crippen LogP contribution is 2.54. The quantitative estimate of drug-likeness (QED) is 0.696. The summed E-state index contributed by atoms with van der Waals surface area (Å²) in [7, 11) is 0. The number of hydrogen-bond donors (Lipinski definition) is 2. The van der Waals surface area contributed by atoms with Gasteiger partial charge in [0.15, 0.2) is 6.04 Å². The van der Waals surface area contributed by atoms with Crippen molar-refractivity contribution in [3.8, 4) is 0 Å². The molecule has 6 heteroatoms. The predicted octanol–water partition coefficient (Wildman–Crippen LogP) is 0.724. The molecular formula is C24H32ClN3O2+2. The van der Waals surface area contributed by atoms with Crippen molar-refractivity contribution < 1.29 is 19.4 Å². The number of hydrogen-bond acceptors (Lipinski definition) is 2. The summed E-state index contributed by atoms with van der Waals surface area (Å²) in [4.78, 5) is 30.3. The maximum absolute atomic E-state index is 13.2. The molecule has 2 amide bonds. The van der Waals surface area contributed by atoms with Gasteiger partial charge in [0.2, 0.25) is 5.91 Å². The molecule has 2 heterocycles. The molecule has 160 valence electrons. The Labute approximate surface area is 183 Å². The van der Waals surface area contributed by atoms with Crippen LogP contribution in [0.1, 0.15) is 44.9 Å². The molecule has 4 aliphatic carbocycles. The van der Waals surface area contributed by atoms with Gasteiger partial charge < -0.3 is 9.80 Å². The lowest BCUT2D eigenvalue weighted by molar-refractivity contribution is -1.05. The molecule has 6 aliphatic rings. The summed E-state index contributed by atoms with van der Waals surface area (Å²) in [5.41, 5.74) is 1.14. The molecule has 30 heavy (non-hydrogen) atoms. The van der Waals surface area contributed by atoms with Gasteiger partial charge in [0.25, 0.3) is 5.91 Å². The maximum Gasteiger partial charge on any atom is 0.292 e. The molecule has 2 saturated heterocycles. The van der Waals surface area contributed by atoms with E-state index in [0.29, 0.717) is 22.7 Å². The average Bonchev–Trinajstić information content (AvgIpc) is 3.01. The summed E-state index contributed by atoms with van der Waals surface area (Å²) in [5, 5.41) is 0.552. The Morgan fingerprint density at radius 2 is 1.57 bits per heavy atom. The number of amides is 2. The van der Waals surface area contributed by atoms with Gasteiger partial charge in [-0.3, -0.25) is 9.59 Å². The second-order valence-corrected chi connectivity index (χ2v) is 11.2. The van der Waals surface area contributed by atoms with Gasteiger partial charge in [-0.2, -0.15) is 0 Å². The van der Waals surface area contributed by atoms with Crippen LogP contribution in [0.25, 0.3) is 0 Å². The lowest BCUT2D eigenvalue weighted by atomic mass is 9.52. The van der Waals surface area contributed by atoms with E-state index in [1.54, 1.807) is 24.3 Å². The minimum Gasteiger partial charge on any atom is -0.321 e. The highest BCUT2D eigenvalue weighted by atomic mass is 35.5. The normalized spacial score (nSPS) is 42.9. The lowest BCUT2D eigenvalue weighted by Crippen LogP contribution is -3.33. The Balaban J connectivity index is 1.14. The third kappa shape index (κ3) is 3.04. The third-order valence-electron chi connectivity index (χ3n) is 8.99. The van der Waals surface area contributed by atoms with Crippen molar-refractivity contribution in [2.75, 3.05) is 31.1 Å². The standard InChI is InChI=1S/C24H30ClN3O2/c25-19-2-1-3-20(11-19)28-22(29)12-21(23(28)30)26-4-6-27(7-5-26)24-13-16-8-17(14-24)10-18(9-16)15-24/h1-3,11,16-18,21H,4-10,12-15H2/p+2/t16?,17?,18?,21-,24?/m0/s1. The van der Waals surface area contributed by atoms with Crippen LogP contribution in [0, 0.1) is 17.8 Å². The largest absolute Gasteiger partial charge is 0.321 e. The molecule has 4 bridgehead atoms. The minimum absolute atomic E-state index is 0.0458. The molecule has 2 N–H and O–H groups in total. The van der Waals surface area contributed by atoms with Gasteiger partial charge in [0.1, 0.15) is 26.2 Å². The van der Waals surface area contributed by atoms with Crippen molar-refractivity contribution in [3.05, 3.63) is 29.3 Å². The summed E-state index contributed by atoms with van der Waals surface area (Å²) < 4.78 is 0. The molecule has 0 unspecified atom stereocenters.